The summed E-state index contributed by atoms with van der Waals surface area (Å²) >= 11 is 0. The lowest BCUT2D eigenvalue weighted by atomic mass is 9.80. The van der Waals surface area contributed by atoms with Crippen LogP contribution in [0.3, 0.4) is 0 Å². The number of hydrogen-bond acceptors (Lipinski definition) is 0. The zero-order chi connectivity index (χ0) is 22.1. The van der Waals surface area contributed by atoms with Gasteiger partial charge in [-0.3, -0.25) is 0 Å². The van der Waals surface area contributed by atoms with Crippen molar-refractivity contribution in [3.8, 4) is 0 Å². The summed E-state index contributed by atoms with van der Waals surface area (Å²) in [6.07, 6.45) is 0. The van der Waals surface area contributed by atoms with Crippen molar-refractivity contribution < 1.29 is 0 Å². The molecule has 0 nitrogen and oxygen atoms in total. The molecule has 156 valence electrons. The second-order valence-corrected chi connectivity index (χ2v) is 11.2. The van der Waals surface area contributed by atoms with Crippen molar-refractivity contribution in [3.63, 3.8) is 0 Å². The first-order valence-electron chi connectivity index (χ1n) is 11.4. The summed E-state index contributed by atoms with van der Waals surface area (Å²) in [5.41, 5.74) is 4.40. The minimum Gasteiger partial charge on any atom is -0.0584 e. The Kier molecular flexibility index (Phi) is 4.25. The van der Waals surface area contributed by atoms with E-state index in [9.17, 15) is 0 Å². The molecule has 0 atom stereocenters. The minimum absolute atomic E-state index is 0.0974. The van der Waals surface area contributed by atoms with E-state index in [1.54, 1.807) is 0 Å². The van der Waals surface area contributed by atoms with Crippen LogP contribution in [0.25, 0.3) is 43.1 Å². The van der Waals surface area contributed by atoms with Gasteiger partial charge in [0.15, 0.2) is 0 Å². The van der Waals surface area contributed by atoms with E-state index in [0.29, 0.717) is 0 Å². The summed E-state index contributed by atoms with van der Waals surface area (Å²) < 4.78 is 0. The van der Waals surface area contributed by atoms with Crippen LogP contribution >= 0.6 is 0 Å². The van der Waals surface area contributed by atoms with Gasteiger partial charge < -0.3 is 0 Å². The molecule has 0 amide bonds. The Bertz CT molecular complexity index is 1480. The molecule has 5 aromatic rings. The SMILES string of the molecule is Cc1ccc(C(C)(C)C)c2c1ccc1c3ccc4ccc(C(C)(C)C)cc4c3ccc12. The van der Waals surface area contributed by atoms with Gasteiger partial charge in [0, 0.05) is 0 Å². The molecule has 31 heavy (non-hydrogen) atoms. The van der Waals surface area contributed by atoms with E-state index in [4.69, 9.17) is 0 Å². The van der Waals surface area contributed by atoms with Crippen molar-refractivity contribution in [2.75, 3.05) is 0 Å². The fourth-order valence-corrected chi connectivity index (χ4v) is 5.04. The molecule has 0 saturated heterocycles. The van der Waals surface area contributed by atoms with Gasteiger partial charge in [-0.05, 0) is 77.5 Å². The Morgan fingerprint density at radius 1 is 0.484 bits per heavy atom. The Morgan fingerprint density at radius 3 is 1.71 bits per heavy atom. The van der Waals surface area contributed by atoms with Gasteiger partial charge >= 0.3 is 0 Å². The minimum atomic E-state index is 0.0974. The fourth-order valence-electron chi connectivity index (χ4n) is 5.04. The van der Waals surface area contributed by atoms with E-state index in [1.807, 2.05) is 0 Å². The maximum Gasteiger partial charge on any atom is -0.00651 e. The quantitative estimate of drug-likeness (QED) is 0.226. The van der Waals surface area contributed by atoms with Crippen molar-refractivity contribution in [1.82, 2.24) is 0 Å². The molecule has 0 N–H and O–H groups in total. The number of fused-ring (bicyclic) bond motifs is 7. The molecule has 0 radical (unpaired) electrons. The van der Waals surface area contributed by atoms with Crippen molar-refractivity contribution in [2.24, 2.45) is 0 Å². The third kappa shape index (κ3) is 3.12. The van der Waals surface area contributed by atoms with Crippen molar-refractivity contribution >= 4 is 43.1 Å². The lowest BCUT2D eigenvalue weighted by Crippen LogP contribution is -2.12. The molecule has 0 bridgehead atoms. The average Bonchev–Trinajstić information content (AvgIpc) is 2.71. The molecule has 0 spiro atoms. The van der Waals surface area contributed by atoms with Crippen LogP contribution < -0.4 is 0 Å². The molecule has 5 aromatic carbocycles. The molecule has 0 aliphatic carbocycles. The highest BCUT2D eigenvalue weighted by Gasteiger charge is 2.20. The number of benzene rings is 5. The molecule has 0 aromatic heterocycles. The van der Waals surface area contributed by atoms with Gasteiger partial charge in [-0.25, -0.2) is 0 Å². The molecular weight excluding hydrogens is 372 g/mol. The molecular formula is C31H32. The summed E-state index contributed by atoms with van der Waals surface area (Å²) in [5.74, 6) is 0. The van der Waals surface area contributed by atoms with Gasteiger partial charge in [0.05, 0.1) is 0 Å². The standard InChI is InChI=1S/C31H32/c1-19-8-17-28(31(5,6)7)29-22(19)13-14-24-23-12-10-20-9-11-21(30(2,3)4)18-27(20)25(23)15-16-26(24)29/h8-18H,1-7H3. The first-order chi connectivity index (χ1) is 14.6. The first kappa shape index (κ1) is 20.1. The van der Waals surface area contributed by atoms with Crippen LogP contribution in [0, 0.1) is 6.92 Å². The highest BCUT2D eigenvalue weighted by atomic mass is 14.2. The van der Waals surface area contributed by atoms with Gasteiger partial charge in [-0.1, -0.05) is 108 Å². The van der Waals surface area contributed by atoms with Crippen LogP contribution in [0.4, 0.5) is 0 Å². The summed E-state index contributed by atoms with van der Waals surface area (Å²) in [7, 11) is 0. The van der Waals surface area contributed by atoms with Crippen LogP contribution in [0.2, 0.25) is 0 Å². The Hall–Kier alpha value is -2.86. The van der Waals surface area contributed by atoms with Gasteiger partial charge in [0.1, 0.15) is 0 Å². The van der Waals surface area contributed by atoms with E-state index >= 15 is 0 Å². The zero-order valence-electron chi connectivity index (χ0n) is 19.9. The second-order valence-electron chi connectivity index (χ2n) is 11.2. The molecule has 0 heteroatoms. The Morgan fingerprint density at radius 2 is 1.03 bits per heavy atom. The van der Waals surface area contributed by atoms with E-state index in [2.05, 4.69) is 115 Å². The average molecular weight is 405 g/mol. The molecule has 0 aliphatic heterocycles. The lowest BCUT2D eigenvalue weighted by molar-refractivity contribution is 0.591. The van der Waals surface area contributed by atoms with Gasteiger partial charge in [0.25, 0.3) is 0 Å². The smallest absolute Gasteiger partial charge is 0.00651 e. The highest BCUT2D eigenvalue weighted by molar-refractivity contribution is 6.23. The van der Waals surface area contributed by atoms with Crippen LogP contribution in [0.1, 0.15) is 58.2 Å². The topological polar surface area (TPSA) is 0 Å². The van der Waals surface area contributed by atoms with Gasteiger partial charge in [-0.15, -0.1) is 0 Å². The molecule has 5 rings (SSSR count). The van der Waals surface area contributed by atoms with E-state index < -0.39 is 0 Å². The summed E-state index contributed by atoms with van der Waals surface area (Å²) in [4.78, 5) is 0. The Balaban J connectivity index is 1.94. The second kappa shape index (κ2) is 6.57. The summed E-state index contributed by atoms with van der Waals surface area (Å²) in [5, 5.41) is 10.9. The third-order valence-corrected chi connectivity index (χ3v) is 6.88. The van der Waals surface area contributed by atoms with E-state index in [-0.39, 0.29) is 10.8 Å². The molecule has 0 aliphatic rings. The van der Waals surface area contributed by atoms with Crippen LogP contribution in [-0.4, -0.2) is 0 Å². The molecule has 0 saturated carbocycles. The molecule has 0 fully saturated rings. The maximum atomic E-state index is 2.40. The molecule has 0 unspecified atom stereocenters. The van der Waals surface area contributed by atoms with Crippen LogP contribution in [0.5, 0.6) is 0 Å². The zero-order valence-corrected chi connectivity index (χ0v) is 19.9. The summed E-state index contributed by atoms with van der Waals surface area (Å²) in [6, 6.07) is 25.5. The first-order valence-corrected chi connectivity index (χ1v) is 11.4. The summed E-state index contributed by atoms with van der Waals surface area (Å²) in [6.45, 7) is 16.0. The maximum absolute atomic E-state index is 2.40. The van der Waals surface area contributed by atoms with Gasteiger partial charge in [-0.2, -0.15) is 0 Å². The van der Waals surface area contributed by atoms with Crippen LogP contribution in [-0.2, 0) is 10.8 Å². The highest BCUT2D eigenvalue weighted by Crippen LogP contribution is 2.40. The number of aryl methyl sites for hydroxylation is 1. The van der Waals surface area contributed by atoms with Crippen molar-refractivity contribution in [3.05, 3.63) is 83.4 Å². The van der Waals surface area contributed by atoms with E-state index in [0.717, 1.165) is 0 Å². The normalized spacial score (nSPS) is 13.0. The Labute approximate surface area is 185 Å². The largest absolute Gasteiger partial charge is 0.0584 e. The number of rotatable bonds is 0. The predicted octanol–water partition coefficient (Wildman–Crippen LogP) is 9.20. The predicted molar refractivity (Wildman–Crippen MR) is 139 cm³/mol. The monoisotopic (exact) mass is 404 g/mol. The number of hydrogen-bond donors (Lipinski definition) is 0. The third-order valence-electron chi connectivity index (χ3n) is 6.88. The molecule has 0 heterocycles. The van der Waals surface area contributed by atoms with Gasteiger partial charge in [0.2, 0.25) is 0 Å². The van der Waals surface area contributed by atoms with Crippen LogP contribution in [0.15, 0.2) is 66.7 Å². The lowest BCUT2D eigenvalue weighted by Gasteiger charge is -2.24. The van der Waals surface area contributed by atoms with E-state index in [1.165, 1.54) is 59.8 Å². The van der Waals surface area contributed by atoms with Crippen molar-refractivity contribution in [2.45, 2.75) is 59.3 Å². The van der Waals surface area contributed by atoms with Crippen molar-refractivity contribution in [1.29, 1.82) is 0 Å². The fraction of sp³-hybridized carbons (Fsp3) is 0.290.